The molecular weight excluding hydrogens is 270 g/mol. The zero-order valence-corrected chi connectivity index (χ0v) is 12.4. The van der Waals surface area contributed by atoms with Gasteiger partial charge >= 0.3 is 0 Å². The van der Waals surface area contributed by atoms with Crippen LogP contribution in [0.25, 0.3) is 0 Å². The predicted octanol–water partition coefficient (Wildman–Crippen LogP) is 1.71. The van der Waals surface area contributed by atoms with Crippen molar-refractivity contribution in [2.24, 2.45) is 11.3 Å². The Kier molecular flexibility index (Phi) is 3.80. The summed E-state index contributed by atoms with van der Waals surface area (Å²) >= 11 is 0. The zero-order chi connectivity index (χ0) is 15.0. The van der Waals surface area contributed by atoms with Crippen LogP contribution >= 0.6 is 0 Å². The van der Waals surface area contributed by atoms with Gasteiger partial charge in [-0.2, -0.15) is 0 Å². The van der Waals surface area contributed by atoms with Crippen LogP contribution in [-0.2, 0) is 4.79 Å². The summed E-state index contributed by atoms with van der Waals surface area (Å²) in [6.45, 7) is 1.59. The smallest absolute Gasteiger partial charge is 0.234 e. The van der Waals surface area contributed by atoms with Crippen molar-refractivity contribution in [3.8, 4) is 0 Å². The summed E-state index contributed by atoms with van der Waals surface area (Å²) in [6.07, 6.45) is 6.69. The van der Waals surface area contributed by atoms with Gasteiger partial charge in [0.15, 0.2) is 0 Å². The molecule has 3 heterocycles. The first-order valence-electron chi connectivity index (χ1n) is 7.69. The van der Waals surface area contributed by atoms with Gasteiger partial charge in [0, 0.05) is 11.6 Å². The Morgan fingerprint density at radius 2 is 2.10 bits per heavy atom. The first kappa shape index (κ1) is 14.6. The van der Waals surface area contributed by atoms with Crippen LogP contribution in [0.3, 0.4) is 0 Å². The summed E-state index contributed by atoms with van der Waals surface area (Å²) in [6, 6.07) is 2.09. The van der Waals surface area contributed by atoms with Crippen molar-refractivity contribution < 1.29 is 19.4 Å². The lowest BCUT2D eigenvalue weighted by Gasteiger charge is -2.52. The van der Waals surface area contributed by atoms with Gasteiger partial charge in [0.05, 0.1) is 37.2 Å². The molecule has 0 aliphatic carbocycles. The quantitative estimate of drug-likeness (QED) is 0.890. The third-order valence-corrected chi connectivity index (χ3v) is 5.39. The van der Waals surface area contributed by atoms with E-state index < -0.39 is 5.41 Å². The summed E-state index contributed by atoms with van der Waals surface area (Å²) in [5, 5.41) is 19.3. The molecular formula is C16H23NO4. The van der Waals surface area contributed by atoms with Gasteiger partial charge in [-0.15, -0.1) is 0 Å². The van der Waals surface area contributed by atoms with E-state index in [1.165, 1.54) is 0 Å². The average Bonchev–Trinajstić information content (AvgIpc) is 3.03. The fourth-order valence-corrected chi connectivity index (χ4v) is 3.91. The molecule has 0 radical (unpaired) electrons. The molecule has 2 aliphatic heterocycles. The van der Waals surface area contributed by atoms with Gasteiger partial charge in [-0.1, -0.05) is 6.92 Å². The Morgan fingerprint density at radius 3 is 2.71 bits per heavy atom. The number of aliphatic hydroxyl groups excluding tert-OH is 2. The molecule has 2 fully saturated rings. The van der Waals surface area contributed by atoms with Crippen molar-refractivity contribution in [2.75, 3.05) is 13.2 Å². The van der Waals surface area contributed by atoms with E-state index in [-0.39, 0.29) is 31.2 Å². The van der Waals surface area contributed by atoms with Gasteiger partial charge in [-0.05, 0) is 37.7 Å². The molecule has 3 atom stereocenters. The van der Waals surface area contributed by atoms with Gasteiger partial charge in [-0.3, -0.25) is 4.79 Å². The van der Waals surface area contributed by atoms with E-state index in [0.29, 0.717) is 12.3 Å². The molecule has 1 amide bonds. The van der Waals surface area contributed by atoms with Crippen LogP contribution in [0.2, 0.25) is 0 Å². The van der Waals surface area contributed by atoms with Crippen molar-refractivity contribution in [2.45, 2.75) is 44.7 Å². The van der Waals surface area contributed by atoms with E-state index in [4.69, 9.17) is 4.42 Å². The number of rotatable bonds is 3. The normalized spacial score (nSPS) is 32.0. The highest BCUT2D eigenvalue weighted by Gasteiger charge is 2.51. The molecule has 0 unspecified atom stereocenters. The lowest BCUT2D eigenvalue weighted by atomic mass is 9.71. The minimum absolute atomic E-state index is 0.00442. The van der Waals surface area contributed by atoms with Gasteiger partial charge in [0.2, 0.25) is 5.91 Å². The lowest BCUT2D eigenvalue weighted by Crippen LogP contribution is -2.60. The molecule has 0 bridgehead atoms. The highest BCUT2D eigenvalue weighted by atomic mass is 16.3. The topological polar surface area (TPSA) is 73.9 Å². The Hall–Kier alpha value is -1.33. The molecule has 0 spiro atoms. The number of hydrogen-bond acceptors (Lipinski definition) is 4. The second kappa shape index (κ2) is 5.46. The number of carbonyl (C=O) groups is 1. The summed E-state index contributed by atoms with van der Waals surface area (Å²) in [4.78, 5) is 14.9. The van der Waals surface area contributed by atoms with E-state index in [1.54, 1.807) is 12.5 Å². The summed E-state index contributed by atoms with van der Waals surface area (Å²) in [5.74, 6) is 0.342. The van der Waals surface area contributed by atoms with Crippen LogP contribution in [-0.4, -0.2) is 40.3 Å². The van der Waals surface area contributed by atoms with Crippen LogP contribution < -0.4 is 0 Å². The number of hydrogen-bond donors (Lipinski definition) is 2. The van der Waals surface area contributed by atoms with E-state index in [1.807, 2.05) is 11.0 Å². The largest absolute Gasteiger partial charge is 0.472 e. The molecule has 1 aromatic rings. The number of furan rings is 1. The number of nitrogens with zero attached hydrogens (tertiary/aromatic N) is 1. The second-order valence-corrected chi connectivity index (χ2v) is 6.54. The minimum atomic E-state index is -1.02. The maximum atomic E-state index is 13.0. The average molecular weight is 293 g/mol. The molecule has 3 rings (SSSR count). The number of amides is 1. The molecule has 0 saturated carbocycles. The van der Waals surface area contributed by atoms with Crippen LogP contribution in [0.5, 0.6) is 0 Å². The van der Waals surface area contributed by atoms with Crippen molar-refractivity contribution >= 4 is 5.91 Å². The summed E-state index contributed by atoms with van der Waals surface area (Å²) in [5.41, 5.74) is -0.0119. The van der Waals surface area contributed by atoms with E-state index >= 15 is 0 Å². The van der Waals surface area contributed by atoms with Crippen molar-refractivity contribution in [3.63, 3.8) is 0 Å². The van der Waals surface area contributed by atoms with Crippen molar-refractivity contribution in [1.29, 1.82) is 0 Å². The Labute approximate surface area is 124 Å². The number of carbonyl (C=O) groups excluding carboxylic acids is 1. The minimum Gasteiger partial charge on any atom is -0.472 e. The molecule has 2 N–H and O–H groups in total. The van der Waals surface area contributed by atoms with Crippen LogP contribution in [0.15, 0.2) is 23.0 Å². The second-order valence-electron chi connectivity index (χ2n) is 6.54. The molecule has 1 aromatic heterocycles. The molecule has 21 heavy (non-hydrogen) atoms. The van der Waals surface area contributed by atoms with Crippen molar-refractivity contribution in [1.82, 2.24) is 4.90 Å². The third kappa shape index (κ3) is 2.19. The Bertz CT molecular complexity index is 494. The Morgan fingerprint density at radius 1 is 1.33 bits per heavy atom. The van der Waals surface area contributed by atoms with E-state index in [9.17, 15) is 15.0 Å². The molecule has 2 aliphatic rings. The maximum absolute atomic E-state index is 13.0. The lowest BCUT2D eigenvalue weighted by molar-refractivity contribution is -0.166. The van der Waals surface area contributed by atoms with Crippen LogP contribution in [0.4, 0.5) is 0 Å². The zero-order valence-electron chi connectivity index (χ0n) is 12.4. The molecule has 116 valence electrons. The number of aliphatic hydroxyl groups is 2. The third-order valence-electron chi connectivity index (χ3n) is 5.39. The van der Waals surface area contributed by atoms with E-state index in [2.05, 4.69) is 6.92 Å². The molecule has 2 saturated heterocycles. The molecule has 0 aromatic carbocycles. The van der Waals surface area contributed by atoms with Gasteiger partial charge in [0.25, 0.3) is 0 Å². The Balaban J connectivity index is 1.97. The van der Waals surface area contributed by atoms with Gasteiger partial charge in [-0.25, -0.2) is 0 Å². The predicted molar refractivity (Wildman–Crippen MR) is 76.3 cm³/mol. The molecule has 5 heteroatoms. The van der Waals surface area contributed by atoms with Crippen LogP contribution in [0, 0.1) is 11.3 Å². The van der Waals surface area contributed by atoms with Gasteiger partial charge in [0.1, 0.15) is 0 Å². The summed E-state index contributed by atoms with van der Waals surface area (Å²) in [7, 11) is 0. The van der Waals surface area contributed by atoms with E-state index in [0.717, 1.165) is 24.8 Å². The highest BCUT2D eigenvalue weighted by Crippen LogP contribution is 2.46. The van der Waals surface area contributed by atoms with Gasteiger partial charge < -0.3 is 19.5 Å². The highest BCUT2D eigenvalue weighted by molar-refractivity contribution is 5.84. The fraction of sp³-hybridized carbons (Fsp3) is 0.688. The standard InChI is InChI=1S/C16H23NO4/c1-11-2-3-14(12-5-7-21-8-12)17-13(11)4-6-16(9-18,10-19)15(17)20/h5,7-8,11,13-14,18-19H,2-4,6,9-10H2,1H3/t11-,13+,14+/m1/s1. The number of fused-ring (bicyclic) bond motifs is 1. The number of piperidine rings is 2. The molecule has 5 nitrogen and oxygen atoms in total. The summed E-state index contributed by atoms with van der Waals surface area (Å²) < 4.78 is 5.18. The fourth-order valence-electron chi connectivity index (χ4n) is 3.91. The van der Waals surface area contributed by atoms with Crippen LogP contribution in [0.1, 0.15) is 44.2 Å². The SMILES string of the molecule is C[C@@H]1CC[C@@H](c2ccoc2)N2C(=O)C(CO)(CO)CC[C@@H]12. The van der Waals surface area contributed by atoms with Crippen molar-refractivity contribution in [3.05, 3.63) is 24.2 Å². The first-order valence-corrected chi connectivity index (χ1v) is 7.69. The first-order chi connectivity index (χ1) is 10.1. The maximum Gasteiger partial charge on any atom is 0.234 e. The monoisotopic (exact) mass is 293 g/mol.